The summed E-state index contributed by atoms with van der Waals surface area (Å²) in [7, 11) is 0. The Balaban J connectivity index is 1.95. The summed E-state index contributed by atoms with van der Waals surface area (Å²) in [6.07, 6.45) is 3.91. The van der Waals surface area contributed by atoms with Gasteiger partial charge in [0, 0.05) is 30.0 Å². The lowest BCUT2D eigenvalue weighted by Crippen LogP contribution is -2.01. The van der Waals surface area contributed by atoms with Crippen molar-refractivity contribution >= 4 is 5.69 Å². The van der Waals surface area contributed by atoms with Gasteiger partial charge in [0.15, 0.2) is 0 Å². The van der Waals surface area contributed by atoms with Crippen molar-refractivity contribution in [2.24, 2.45) is 0 Å². The summed E-state index contributed by atoms with van der Waals surface area (Å²) in [6.45, 7) is 4.94. The van der Waals surface area contributed by atoms with Gasteiger partial charge in [0.25, 0.3) is 0 Å². The van der Waals surface area contributed by atoms with Gasteiger partial charge in [0.05, 0.1) is 6.20 Å². The molecule has 0 unspecified atom stereocenters. The number of rotatable bonds is 4. The molecule has 1 heterocycles. The maximum absolute atomic E-state index is 9.17. The molecule has 0 saturated carbocycles. The fourth-order valence-electron chi connectivity index (χ4n) is 1.53. The average Bonchev–Trinajstić information content (AvgIpc) is 2.77. The lowest BCUT2D eigenvalue weighted by molar-refractivity contribution is 0.475. The minimum atomic E-state index is 0.281. The number of aromatic hydroxyl groups is 1. The fraction of sp³-hybridized carbons (Fsp3) is 0.308. The number of phenolic OH excluding ortho intramolecular Hbond substituents is 1. The van der Waals surface area contributed by atoms with Gasteiger partial charge in [-0.25, -0.2) is 0 Å². The van der Waals surface area contributed by atoms with Gasteiger partial charge in [0.1, 0.15) is 5.75 Å². The number of hydrogen-bond acceptors (Lipinski definition) is 3. The van der Waals surface area contributed by atoms with Crippen LogP contribution >= 0.6 is 0 Å². The molecule has 17 heavy (non-hydrogen) atoms. The molecule has 0 spiro atoms. The predicted octanol–water partition coefficient (Wildman–Crippen LogP) is 2.78. The van der Waals surface area contributed by atoms with E-state index in [4.69, 9.17) is 5.11 Å². The lowest BCUT2D eigenvalue weighted by atomic mass is 10.3. The quantitative estimate of drug-likeness (QED) is 0.795. The molecule has 0 aliphatic heterocycles. The maximum Gasteiger partial charge on any atom is 0.115 e. The third-order valence-corrected chi connectivity index (χ3v) is 2.55. The van der Waals surface area contributed by atoms with E-state index < -0.39 is 0 Å². The number of nitrogens with one attached hydrogen (secondary N) is 1. The lowest BCUT2D eigenvalue weighted by Gasteiger charge is -2.05. The first-order valence-corrected chi connectivity index (χ1v) is 5.71. The van der Waals surface area contributed by atoms with Crippen LogP contribution in [0.3, 0.4) is 0 Å². The highest BCUT2D eigenvalue weighted by atomic mass is 16.3. The van der Waals surface area contributed by atoms with Gasteiger partial charge in [-0.2, -0.15) is 5.10 Å². The van der Waals surface area contributed by atoms with E-state index in [9.17, 15) is 0 Å². The Kier molecular flexibility index (Phi) is 3.32. The van der Waals surface area contributed by atoms with Crippen LogP contribution in [0.15, 0.2) is 36.7 Å². The molecule has 0 aliphatic carbocycles. The summed E-state index contributed by atoms with van der Waals surface area (Å²) in [5.41, 5.74) is 2.13. The van der Waals surface area contributed by atoms with Gasteiger partial charge >= 0.3 is 0 Å². The molecule has 90 valence electrons. The van der Waals surface area contributed by atoms with E-state index in [-0.39, 0.29) is 5.75 Å². The number of phenols is 1. The zero-order valence-electron chi connectivity index (χ0n) is 10.1. The van der Waals surface area contributed by atoms with Crippen molar-refractivity contribution in [1.82, 2.24) is 9.78 Å². The molecule has 0 amide bonds. The zero-order chi connectivity index (χ0) is 12.3. The molecule has 0 aliphatic rings. The van der Waals surface area contributed by atoms with E-state index in [1.165, 1.54) is 0 Å². The molecule has 0 saturated heterocycles. The Morgan fingerprint density at radius 1 is 1.29 bits per heavy atom. The molecular weight excluding hydrogens is 214 g/mol. The number of nitrogens with zero attached hydrogens (tertiary/aromatic N) is 2. The molecule has 2 aromatic rings. The van der Waals surface area contributed by atoms with Gasteiger partial charge in [-0.15, -0.1) is 0 Å². The van der Waals surface area contributed by atoms with E-state index in [0.717, 1.165) is 17.8 Å². The van der Waals surface area contributed by atoms with Crippen molar-refractivity contribution in [1.29, 1.82) is 0 Å². The van der Waals surface area contributed by atoms with E-state index in [1.807, 2.05) is 29.2 Å². The van der Waals surface area contributed by atoms with Gasteiger partial charge in [-0.3, -0.25) is 4.68 Å². The molecule has 0 fully saturated rings. The number of hydrogen-bond donors (Lipinski definition) is 2. The predicted molar refractivity (Wildman–Crippen MR) is 68.0 cm³/mol. The molecule has 2 N–H and O–H groups in total. The van der Waals surface area contributed by atoms with Crippen molar-refractivity contribution in [2.75, 3.05) is 5.32 Å². The second kappa shape index (κ2) is 4.91. The van der Waals surface area contributed by atoms with Gasteiger partial charge < -0.3 is 10.4 Å². The minimum Gasteiger partial charge on any atom is -0.508 e. The first-order valence-electron chi connectivity index (χ1n) is 5.71. The van der Waals surface area contributed by atoms with Crippen molar-refractivity contribution in [3.8, 4) is 5.75 Å². The summed E-state index contributed by atoms with van der Waals surface area (Å²) < 4.78 is 1.94. The minimum absolute atomic E-state index is 0.281. The monoisotopic (exact) mass is 231 g/mol. The highest BCUT2D eigenvalue weighted by Gasteiger charge is 2.01. The molecule has 0 radical (unpaired) electrons. The summed E-state index contributed by atoms with van der Waals surface area (Å²) in [6, 6.07) is 7.42. The van der Waals surface area contributed by atoms with Crippen molar-refractivity contribution in [3.63, 3.8) is 0 Å². The van der Waals surface area contributed by atoms with E-state index in [0.29, 0.717) is 6.04 Å². The van der Waals surface area contributed by atoms with Gasteiger partial charge in [0.2, 0.25) is 0 Å². The molecule has 1 aromatic carbocycles. The highest BCUT2D eigenvalue weighted by molar-refractivity contribution is 5.46. The summed E-state index contributed by atoms with van der Waals surface area (Å²) in [5, 5.41) is 16.7. The first-order chi connectivity index (χ1) is 8.15. The van der Waals surface area contributed by atoms with Crippen LogP contribution in [0.2, 0.25) is 0 Å². The van der Waals surface area contributed by atoms with Crippen LogP contribution in [0.25, 0.3) is 0 Å². The average molecular weight is 231 g/mol. The molecule has 4 heteroatoms. The van der Waals surface area contributed by atoms with Crippen LogP contribution in [0.1, 0.15) is 25.5 Å². The second-order valence-corrected chi connectivity index (χ2v) is 4.32. The van der Waals surface area contributed by atoms with Crippen molar-refractivity contribution < 1.29 is 5.11 Å². The van der Waals surface area contributed by atoms with Crippen LogP contribution in [0.5, 0.6) is 5.75 Å². The SMILES string of the molecule is CC(C)n1cc(CNc2ccc(O)cc2)cn1. The Labute approximate surface area is 101 Å². The maximum atomic E-state index is 9.17. The first kappa shape index (κ1) is 11.5. The van der Waals surface area contributed by atoms with Gasteiger partial charge in [-0.05, 0) is 38.1 Å². The van der Waals surface area contributed by atoms with Crippen LogP contribution in [-0.2, 0) is 6.54 Å². The molecule has 0 atom stereocenters. The van der Waals surface area contributed by atoms with Crippen LogP contribution in [0.4, 0.5) is 5.69 Å². The molecule has 2 rings (SSSR count). The Bertz CT molecular complexity index is 474. The van der Waals surface area contributed by atoms with Gasteiger partial charge in [-0.1, -0.05) is 0 Å². The van der Waals surface area contributed by atoms with E-state index in [1.54, 1.807) is 12.1 Å². The molecular formula is C13H17N3O. The summed E-state index contributed by atoms with van der Waals surface area (Å²) >= 11 is 0. The standard InChI is InChI=1S/C13H17N3O/c1-10(2)16-9-11(8-15-16)7-14-12-3-5-13(17)6-4-12/h3-6,8-10,14,17H,7H2,1-2H3. The van der Waals surface area contributed by atoms with Crippen LogP contribution < -0.4 is 5.32 Å². The normalized spacial score (nSPS) is 10.8. The number of benzene rings is 1. The summed E-state index contributed by atoms with van der Waals surface area (Å²) in [5.74, 6) is 0.281. The van der Waals surface area contributed by atoms with E-state index in [2.05, 4.69) is 24.3 Å². The molecule has 0 bridgehead atoms. The molecule has 4 nitrogen and oxygen atoms in total. The Morgan fingerprint density at radius 2 is 2.00 bits per heavy atom. The van der Waals surface area contributed by atoms with Crippen LogP contribution in [-0.4, -0.2) is 14.9 Å². The molecule has 1 aromatic heterocycles. The highest BCUT2D eigenvalue weighted by Crippen LogP contribution is 2.15. The zero-order valence-corrected chi connectivity index (χ0v) is 10.1. The third kappa shape index (κ3) is 3.00. The third-order valence-electron chi connectivity index (χ3n) is 2.55. The van der Waals surface area contributed by atoms with Crippen molar-refractivity contribution in [2.45, 2.75) is 26.4 Å². The summed E-state index contributed by atoms with van der Waals surface area (Å²) in [4.78, 5) is 0. The number of aromatic nitrogens is 2. The van der Waals surface area contributed by atoms with Crippen LogP contribution in [0, 0.1) is 0 Å². The second-order valence-electron chi connectivity index (χ2n) is 4.32. The smallest absolute Gasteiger partial charge is 0.115 e. The topological polar surface area (TPSA) is 50.1 Å². The van der Waals surface area contributed by atoms with E-state index >= 15 is 0 Å². The van der Waals surface area contributed by atoms with Crippen molar-refractivity contribution in [3.05, 3.63) is 42.2 Å². The largest absolute Gasteiger partial charge is 0.508 e. The Hall–Kier alpha value is -1.97. The Morgan fingerprint density at radius 3 is 2.59 bits per heavy atom. The fourth-order valence-corrected chi connectivity index (χ4v) is 1.53. The number of anilines is 1.